The fourth-order valence-electron chi connectivity index (χ4n) is 0.813. The smallest absolute Gasteiger partial charge is 0.456 e. The van der Waals surface area contributed by atoms with Crippen LogP contribution in [0.3, 0.4) is 0 Å². The summed E-state index contributed by atoms with van der Waals surface area (Å²) in [6.45, 7) is 9.83. The van der Waals surface area contributed by atoms with Crippen LogP contribution in [0, 0.1) is 14.0 Å². The topological polar surface area (TPSA) is 3.24 Å². The van der Waals surface area contributed by atoms with Gasteiger partial charge in [-0.3, -0.25) is 7.05 Å². The molecule has 70 valence electrons. The Bertz CT molecular complexity index is 121. The van der Waals surface area contributed by atoms with Crippen molar-refractivity contribution < 1.29 is 21.1 Å². The molecule has 0 bridgehead atoms. The van der Waals surface area contributed by atoms with Gasteiger partial charge in [0.05, 0.1) is 0 Å². The van der Waals surface area contributed by atoms with Crippen LogP contribution in [0.2, 0.25) is 0 Å². The molecule has 1 rings (SSSR count). The summed E-state index contributed by atoms with van der Waals surface area (Å²) in [5.41, 5.74) is 1.50. The van der Waals surface area contributed by atoms with Crippen LogP contribution in [-0.2, 0) is 21.1 Å². The van der Waals surface area contributed by atoms with Gasteiger partial charge in [-0.25, -0.2) is 0 Å². The van der Waals surface area contributed by atoms with E-state index in [1.807, 2.05) is 6.92 Å². The SMILES string of the molecule is [CH2-]CC.[CH2-]N1CC=C(C)CC1.[W+2]. The van der Waals surface area contributed by atoms with Gasteiger partial charge in [0.15, 0.2) is 0 Å². The van der Waals surface area contributed by atoms with Gasteiger partial charge >= 0.3 is 21.1 Å². The Morgan fingerprint density at radius 1 is 1.58 bits per heavy atom. The van der Waals surface area contributed by atoms with Crippen LogP contribution in [0.5, 0.6) is 0 Å². The van der Waals surface area contributed by atoms with Crippen molar-refractivity contribution in [3.05, 3.63) is 25.6 Å². The standard InChI is InChI=1S/C7H12N.C3H7.W/c1-7-3-5-8(2)6-4-7;1-3-2;/h3H,2,4-6H2,1H3;1,3H2,2H3;/q2*-1;+2. The van der Waals surface area contributed by atoms with Crippen LogP contribution in [0.4, 0.5) is 0 Å². The van der Waals surface area contributed by atoms with Crippen molar-refractivity contribution >= 4 is 0 Å². The van der Waals surface area contributed by atoms with Gasteiger partial charge in [0.2, 0.25) is 0 Å². The third-order valence-electron chi connectivity index (χ3n) is 1.52. The number of nitrogens with zero attached hydrogens (tertiary/aromatic N) is 1. The molecule has 0 aromatic carbocycles. The Labute approximate surface area is 91.5 Å². The first-order valence-electron chi connectivity index (χ1n) is 4.21. The molecule has 0 saturated heterocycles. The van der Waals surface area contributed by atoms with Crippen molar-refractivity contribution in [1.82, 2.24) is 4.90 Å². The third-order valence-corrected chi connectivity index (χ3v) is 1.52. The molecule has 0 N–H and O–H groups in total. The molecule has 1 aliphatic rings. The Balaban J connectivity index is 0. The second-order valence-corrected chi connectivity index (χ2v) is 2.88. The second-order valence-electron chi connectivity index (χ2n) is 2.88. The minimum absolute atomic E-state index is 0. The zero-order chi connectivity index (χ0) is 8.69. The van der Waals surface area contributed by atoms with Crippen LogP contribution in [0.1, 0.15) is 26.7 Å². The predicted octanol–water partition coefficient (Wildman–Crippen LogP) is 2.66. The van der Waals surface area contributed by atoms with E-state index in [9.17, 15) is 0 Å². The molecule has 1 heterocycles. The van der Waals surface area contributed by atoms with Crippen molar-refractivity contribution in [3.8, 4) is 0 Å². The molecule has 0 fully saturated rings. The zero-order valence-corrected chi connectivity index (χ0v) is 11.1. The van der Waals surface area contributed by atoms with Gasteiger partial charge in [-0.05, 0) is 26.4 Å². The van der Waals surface area contributed by atoms with Gasteiger partial charge in [-0.1, -0.05) is 18.6 Å². The van der Waals surface area contributed by atoms with Crippen LogP contribution in [-0.4, -0.2) is 18.0 Å². The van der Waals surface area contributed by atoms with Crippen LogP contribution in [0.25, 0.3) is 0 Å². The Morgan fingerprint density at radius 2 is 2.08 bits per heavy atom. The maximum absolute atomic E-state index is 3.82. The minimum Gasteiger partial charge on any atom is -0.456 e. The molecule has 0 aromatic rings. The van der Waals surface area contributed by atoms with E-state index in [1.54, 1.807) is 0 Å². The van der Waals surface area contributed by atoms with Gasteiger partial charge in [0, 0.05) is 0 Å². The van der Waals surface area contributed by atoms with Crippen molar-refractivity contribution in [3.63, 3.8) is 0 Å². The maximum Gasteiger partial charge on any atom is 2.00 e. The van der Waals surface area contributed by atoms with E-state index in [4.69, 9.17) is 0 Å². The van der Waals surface area contributed by atoms with Crippen LogP contribution < -0.4 is 0 Å². The van der Waals surface area contributed by atoms with Crippen LogP contribution in [0.15, 0.2) is 11.6 Å². The quantitative estimate of drug-likeness (QED) is 0.485. The van der Waals surface area contributed by atoms with E-state index >= 15 is 0 Å². The molecule has 0 aromatic heterocycles. The normalized spacial score (nSPS) is 16.8. The molecule has 1 aliphatic heterocycles. The monoisotopic (exact) mass is 337 g/mol. The number of hydrogen-bond acceptors (Lipinski definition) is 1. The first-order chi connectivity index (χ1) is 5.20. The van der Waals surface area contributed by atoms with E-state index in [2.05, 4.69) is 31.9 Å². The van der Waals surface area contributed by atoms with Crippen LogP contribution >= 0.6 is 0 Å². The van der Waals surface area contributed by atoms with Gasteiger partial charge < -0.3 is 11.8 Å². The molecular formula is C10H19NW. The molecular weight excluding hydrogens is 318 g/mol. The summed E-state index contributed by atoms with van der Waals surface area (Å²) in [5, 5.41) is 0. The van der Waals surface area contributed by atoms with Crippen molar-refractivity contribution in [2.75, 3.05) is 13.1 Å². The minimum atomic E-state index is 0. The Hall–Kier alpha value is 0.388. The average molecular weight is 337 g/mol. The molecule has 2 heteroatoms. The second kappa shape index (κ2) is 9.48. The molecule has 0 radical (unpaired) electrons. The van der Waals surface area contributed by atoms with E-state index in [1.165, 1.54) is 12.0 Å². The first-order valence-corrected chi connectivity index (χ1v) is 4.21. The molecule has 0 aliphatic carbocycles. The third kappa shape index (κ3) is 8.48. The number of hydrogen-bond donors (Lipinski definition) is 0. The summed E-state index contributed by atoms with van der Waals surface area (Å²) in [7, 11) is 3.82. The van der Waals surface area contributed by atoms with E-state index in [0.717, 1.165) is 19.5 Å². The summed E-state index contributed by atoms with van der Waals surface area (Å²) in [6.07, 6.45) is 4.43. The molecule has 0 amide bonds. The number of rotatable bonds is 0. The fourth-order valence-corrected chi connectivity index (χ4v) is 0.813. The molecule has 0 atom stereocenters. The van der Waals surface area contributed by atoms with Crippen molar-refractivity contribution in [1.29, 1.82) is 0 Å². The predicted molar refractivity (Wildman–Crippen MR) is 51.0 cm³/mol. The summed E-state index contributed by atoms with van der Waals surface area (Å²) < 4.78 is 0. The average Bonchev–Trinajstić information content (AvgIpc) is 1.97. The Morgan fingerprint density at radius 3 is 2.33 bits per heavy atom. The molecule has 0 saturated carbocycles. The largest absolute Gasteiger partial charge is 2.00 e. The summed E-state index contributed by atoms with van der Waals surface area (Å²) in [6, 6.07) is 0. The van der Waals surface area contributed by atoms with Crippen molar-refractivity contribution in [2.24, 2.45) is 0 Å². The van der Waals surface area contributed by atoms with Gasteiger partial charge in [0.1, 0.15) is 0 Å². The van der Waals surface area contributed by atoms with E-state index in [-0.39, 0.29) is 21.1 Å². The first kappa shape index (κ1) is 14.9. The molecule has 0 spiro atoms. The maximum atomic E-state index is 3.82. The van der Waals surface area contributed by atoms with Crippen molar-refractivity contribution in [2.45, 2.75) is 26.7 Å². The molecule has 0 unspecified atom stereocenters. The van der Waals surface area contributed by atoms with Gasteiger partial charge in [-0.15, -0.1) is 0 Å². The molecule has 12 heavy (non-hydrogen) atoms. The van der Waals surface area contributed by atoms with E-state index < -0.39 is 0 Å². The zero-order valence-electron chi connectivity index (χ0n) is 8.18. The van der Waals surface area contributed by atoms with Gasteiger partial charge in [-0.2, -0.15) is 6.42 Å². The van der Waals surface area contributed by atoms with E-state index in [0.29, 0.717) is 0 Å². The summed E-state index contributed by atoms with van der Waals surface area (Å²) >= 11 is 0. The summed E-state index contributed by atoms with van der Waals surface area (Å²) in [5.74, 6) is 0. The molecule has 1 nitrogen and oxygen atoms in total. The Kier molecular flexibility index (Phi) is 11.8. The summed E-state index contributed by atoms with van der Waals surface area (Å²) in [4.78, 5) is 2.08. The van der Waals surface area contributed by atoms with Gasteiger partial charge in [0.25, 0.3) is 0 Å². The fraction of sp³-hybridized carbons (Fsp3) is 0.600.